The van der Waals surface area contributed by atoms with Crippen molar-refractivity contribution in [2.75, 3.05) is 5.32 Å². The number of carbonyl (C=O) groups excluding carboxylic acids is 4. The Labute approximate surface area is 235 Å². The molecule has 0 aliphatic heterocycles. The highest BCUT2D eigenvalue weighted by Crippen LogP contribution is 2.66. The number of sulfonamides is 1. The van der Waals surface area contributed by atoms with E-state index in [-0.39, 0.29) is 76.3 Å². The lowest BCUT2D eigenvalue weighted by molar-refractivity contribution is -0.166. The summed E-state index contributed by atoms with van der Waals surface area (Å²) in [4.78, 5) is 51.7. The molecule has 4 aliphatic carbocycles. The number of amides is 1. The van der Waals surface area contributed by atoms with Gasteiger partial charge in [0.15, 0.2) is 0 Å². The van der Waals surface area contributed by atoms with Gasteiger partial charge in [-0.05, 0) is 78.9 Å². The van der Waals surface area contributed by atoms with Crippen molar-refractivity contribution >= 4 is 39.0 Å². The highest BCUT2D eigenvalue weighted by Gasteiger charge is 2.66. The SMILES string of the molecule is C[C@H](CCC(=O)Nc1ccc(S(N)(=O)=O)c(F)c1)[C@H]1CC[C@H]2[C@@H]3C(=O)C[C@@H]4CC(=O)CC[C@]4(C)[C@H]3CC(=O)[C@]12C. The summed E-state index contributed by atoms with van der Waals surface area (Å²) in [7, 11) is -4.20. The maximum Gasteiger partial charge on any atom is 0.240 e. The molecular weight excluding hydrogens is 535 g/mol. The van der Waals surface area contributed by atoms with E-state index in [1.807, 2.05) is 6.92 Å². The molecule has 0 radical (unpaired) electrons. The Morgan fingerprint density at radius 2 is 1.85 bits per heavy atom. The number of Topliss-reactive ketones (excluding diaryl/α,β-unsaturated/α-hetero) is 3. The van der Waals surface area contributed by atoms with Gasteiger partial charge in [-0.3, -0.25) is 19.2 Å². The van der Waals surface area contributed by atoms with E-state index in [1.165, 1.54) is 6.07 Å². The van der Waals surface area contributed by atoms with Crippen LogP contribution < -0.4 is 10.5 Å². The molecule has 40 heavy (non-hydrogen) atoms. The quantitative estimate of drug-likeness (QED) is 0.516. The number of halogens is 1. The Kier molecular flexibility index (Phi) is 7.35. The molecule has 4 aliphatic rings. The van der Waals surface area contributed by atoms with Gasteiger partial charge in [0, 0.05) is 49.1 Å². The summed E-state index contributed by atoms with van der Waals surface area (Å²) in [5.74, 6) is -0.719. The van der Waals surface area contributed by atoms with Crippen molar-refractivity contribution in [1.29, 1.82) is 0 Å². The van der Waals surface area contributed by atoms with Gasteiger partial charge in [-0.25, -0.2) is 17.9 Å². The normalized spacial score (nSPS) is 36.4. The highest BCUT2D eigenvalue weighted by atomic mass is 32.2. The summed E-state index contributed by atoms with van der Waals surface area (Å²) < 4.78 is 37.0. The van der Waals surface area contributed by atoms with Gasteiger partial charge in [-0.15, -0.1) is 0 Å². The molecule has 0 spiro atoms. The zero-order valence-electron chi connectivity index (χ0n) is 23.4. The number of hydrogen-bond donors (Lipinski definition) is 2. The van der Waals surface area contributed by atoms with Crippen molar-refractivity contribution in [3.05, 3.63) is 24.0 Å². The molecule has 4 saturated carbocycles. The Bertz CT molecular complexity index is 1380. The predicted octanol–water partition coefficient (Wildman–Crippen LogP) is 4.41. The Morgan fingerprint density at radius 3 is 2.52 bits per heavy atom. The van der Waals surface area contributed by atoms with Gasteiger partial charge in [0.05, 0.1) is 0 Å². The van der Waals surface area contributed by atoms with E-state index in [9.17, 15) is 32.0 Å². The number of primary sulfonamides is 1. The van der Waals surface area contributed by atoms with Crippen LogP contribution in [0, 0.1) is 52.2 Å². The van der Waals surface area contributed by atoms with Gasteiger partial charge in [0.1, 0.15) is 28.1 Å². The first-order valence-electron chi connectivity index (χ1n) is 14.4. The molecule has 8 atom stereocenters. The second-order valence-corrected chi connectivity index (χ2v) is 14.7. The number of nitrogens with two attached hydrogens (primary N) is 1. The van der Waals surface area contributed by atoms with Crippen LogP contribution in [-0.2, 0) is 29.2 Å². The molecule has 3 N–H and O–H groups in total. The average molecular weight is 575 g/mol. The fraction of sp³-hybridized carbons (Fsp3) is 0.667. The smallest absolute Gasteiger partial charge is 0.240 e. The number of ketones is 3. The van der Waals surface area contributed by atoms with Crippen LogP contribution >= 0.6 is 0 Å². The number of carbonyl (C=O) groups is 4. The van der Waals surface area contributed by atoms with E-state index in [1.54, 1.807) is 0 Å². The van der Waals surface area contributed by atoms with Crippen LogP contribution in [0.2, 0.25) is 0 Å². The van der Waals surface area contributed by atoms with Gasteiger partial charge in [0.2, 0.25) is 15.9 Å². The molecule has 5 rings (SSSR count). The maximum absolute atomic E-state index is 14.1. The molecule has 0 aromatic heterocycles. The Hall–Kier alpha value is -2.46. The van der Waals surface area contributed by atoms with Crippen molar-refractivity contribution in [3.8, 4) is 0 Å². The van der Waals surface area contributed by atoms with Crippen LogP contribution in [0.4, 0.5) is 10.1 Å². The molecule has 0 saturated heterocycles. The minimum absolute atomic E-state index is 0.00157. The molecule has 1 aromatic carbocycles. The lowest BCUT2D eigenvalue weighted by Gasteiger charge is -2.58. The first-order chi connectivity index (χ1) is 18.7. The number of rotatable bonds is 6. The Balaban J connectivity index is 1.26. The second-order valence-electron chi connectivity index (χ2n) is 13.2. The summed E-state index contributed by atoms with van der Waals surface area (Å²) in [5.41, 5.74) is -0.638. The molecular formula is C30H39FN2O6S. The van der Waals surface area contributed by atoms with E-state index in [4.69, 9.17) is 5.14 Å². The lowest BCUT2D eigenvalue weighted by Crippen LogP contribution is -2.60. The van der Waals surface area contributed by atoms with Gasteiger partial charge in [-0.2, -0.15) is 0 Å². The zero-order chi connectivity index (χ0) is 29.2. The molecule has 1 aromatic rings. The summed E-state index contributed by atoms with van der Waals surface area (Å²) in [6.45, 7) is 6.29. The van der Waals surface area contributed by atoms with Crippen molar-refractivity contribution in [3.63, 3.8) is 0 Å². The number of nitrogens with one attached hydrogen (secondary N) is 1. The molecule has 0 unspecified atom stereocenters. The summed E-state index contributed by atoms with van der Waals surface area (Å²) in [5, 5.41) is 7.60. The van der Waals surface area contributed by atoms with E-state index >= 15 is 0 Å². The average Bonchev–Trinajstić information content (AvgIpc) is 3.22. The minimum atomic E-state index is -4.20. The van der Waals surface area contributed by atoms with Crippen LogP contribution in [0.1, 0.15) is 78.6 Å². The number of hydrogen-bond acceptors (Lipinski definition) is 6. The van der Waals surface area contributed by atoms with E-state index in [0.29, 0.717) is 32.1 Å². The molecule has 8 nitrogen and oxygen atoms in total. The topological polar surface area (TPSA) is 140 Å². The minimum Gasteiger partial charge on any atom is -0.326 e. The largest absolute Gasteiger partial charge is 0.326 e. The molecule has 218 valence electrons. The van der Waals surface area contributed by atoms with Gasteiger partial charge < -0.3 is 5.32 Å². The van der Waals surface area contributed by atoms with Gasteiger partial charge >= 0.3 is 0 Å². The molecule has 0 bridgehead atoms. The van der Waals surface area contributed by atoms with Crippen LogP contribution in [0.25, 0.3) is 0 Å². The third kappa shape index (κ3) is 4.74. The predicted molar refractivity (Wildman–Crippen MR) is 146 cm³/mol. The van der Waals surface area contributed by atoms with Crippen LogP contribution in [0.3, 0.4) is 0 Å². The van der Waals surface area contributed by atoms with Crippen molar-refractivity contribution < 1.29 is 32.0 Å². The van der Waals surface area contributed by atoms with Crippen LogP contribution in [-0.4, -0.2) is 31.7 Å². The summed E-state index contributed by atoms with van der Waals surface area (Å²) in [6.07, 6.45) is 4.87. The van der Waals surface area contributed by atoms with E-state index in [0.717, 1.165) is 31.4 Å². The first kappa shape index (κ1) is 29.0. The fourth-order valence-electron chi connectivity index (χ4n) is 8.98. The molecule has 10 heteroatoms. The Morgan fingerprint density at radius 1 is 1.12 bits per heavy atom. The first-order valence-corrected chi connectivity index (χ1v) is 15.9. The fourth-order valence-corrected chi connectivity index (χ4v) is 9.57. The third-order valence-corrected chi connectivity index (χ3v) is 12.2. The van der Waals surface area contributed by atoms with Crippen LogP contribution in [0.15, 0.2) is 23.1 Å². The zero-order valence-corrected chi connectivity index (χ0v) is 24.2. The maximum atomic E-state index is 14.1. The molecule has 1 amide bonds. The van der Waals surface area contributed by atoms with Crippen LogP contribution in [0.5, 0.6) is 0 Å². The second kappa shape index (κ2) is 10.1. The lowest BCUT2D eigenvalue weighted by atomic mass is 9.44. The molecule has 0 heterocycles. The van der Waals surface area contributed by atoms with Gasteiger partial charge in [-0.1, -0.05) is 20.8 Å². The summed E-state index contributed by atoms with van der Waals surface area (Å²) in [6, 6.07) is 3.23. The number of fused-ring (bicyclic) bond motifs is 5. The number of anilines is 1. The monoisotopic (exact) mass is 574 g/mol. The number of benzene rings is 1. The standard InChI is InChI=1S/C30H39FN2O6S/c1-16(4-9-27(37)33-18-5-8-25(23(31)14-18)40(32,38)39)20-6-7-21-28-22(15-26(36)30(20,21)3)29(2)11-10-19(34)12-17(29)13-24(28)35/h5,8,14,16-17,20-22,28H,4,6-7,9-13,15H2,1-3H3,(H,33,37)(H2,32,38,39)/t16-,17+,20-,21+,22+,28+,29+,30-/m1/s1. The molecule has 4 fully saturated rings. The third-order valence-electron chi connectivity index (χ3n) is 11.3. The van der Waals surface area contributed by atoms with Crippen molar-refractivity contribution in [2.24, 2.45) is 51.5 Å². The van der Waals surface area contributed by atoms with E-state index < -0.39 is 26.2 Å². The van der Waals surface area contributed by atoms with Crippen molar-refractivity contribution in [1.82, 2.24) is 0 Å². The van der Waals surface area contributed by atoms with Gasteiger partial charge in [0.25, 0.3) is 0 Å². The van der Waals surface area contributed by atoms with E-state index in [2.05, 4.69) is 19.2 Å². The van der Waals surface area contributed by atoms with Crippen molar-refractivity contribution in [2.45, 2.75) is 83.5 Å². The highest BCUT2D eigenvalue weighted by molar-refractivity contribution is 7.89. The summed E-state index contributed by atoms with van der Waals surface area (Å²) >= 11 is 0.